The van der Waals surface area contributed by atoms with E-state index in [0.717, 1.165) is 31.0 Å². The van der Waals surface area contributed by atoms with Crippen molar-refractivity contribution in [2.75, 3.05) is 25.4 Å². The number of hydrogen-bond acceptors (Lipinski definition) is 4. The average molecular weight is 248 g/mol. The van der Waals surface area contributed by atoms with Gasteiger partial charge in [0, 0.05) is 12.2 Å². The van der Waals surface area contributed by atoms with Crippen molar-refractivity contribution in [1.29, 1.82) is 0 Å². The average Bonchev–Trinajstić information content (AvgIpc) is 2.85. The molecule has 0 atom stereocenters. The number of nitrogens with two attached hydrogens (primary N) is 2. The van der Waals surface area contributed by atoms with Crippen LogP contribution in [-0.2, 0) is 6.42 Å². The molecular weight excluding hydrogens is 224 g/mol. The Labute approximate surface area is 109 Å². The molecule has 0 fully saturated rings. The van der Waals surface area contributed by atoms with E-state index in [0.29, 0.717) is 12.5 Å². The first kappa shape index (κ1) is 14.5. The maximum atomic E-state index is 5.77. The lowest BCUT2D eigenvalue weighted by Crippen LogP contribution is -2.26. The summed E-state index contributed by atoms with van der Waals surface area (Å²) in [6, 6.07) is 8.06. The fourth-order valence-electron chi connectivity index (χ4n) is 1.74. The summed E-state index contributed by atoms with van der Waals surface area (Å²) < 4.78 is 0. The highest BCUT2D eigenvalue weighted by molar-refractivity contribution is 5.85. The van der Waals surface area contributed by atoms with Crippen LogP contribution in [0.4, 0.5) is 5.69 Å². The predicted molar refractivity (Wildman–Crippen MR) is 78.8 cm³/mol. The summed E-state index contributed by atoms with van der Waals surface area (Å²) in [6.45, 7) is 6.82. The molecule has 100 valence electrons. The van der Waals surface area contributed by atoms with Crippen molar-refractivity contribution in [2.45, 2.75) is 20.3 Å². The second kappa shape index (κ2) is 7.71. The third kappa shape index (κ3) is 5.19. The van der Waals surface area contributed by atoms with Crippen LogP contribution in [0.2, 0.25) is 0 Å². The minimum absolute atomic E-state index is 0.556. The van der Waals surface area contributed by atoms with E-state index in [-0.39, 0.29) is 0 Å². The van der Waals surface area contributed by atoms with Gasteiger partial charge in [0.15, 0.2) is 0 Å². The van der Waals surface area contributed by atoms with Gasteiger partial charge in [-0.05, 0) is 24.0 Å². The molecule has 1 aliphatic heterocycles. The summed E-state index contributed by atoms with van der Waals surface area (Å²) in [4.78, 5) is 4.03. The molecule has 4 heteroatoms. The number of hydrogen-bond donors (Lipinski definition) is 3. The smallest absolute Gasteiger partial charge is 0.110 e. The van der Waals surface area contributed by atoms with Crippen LogP contribution in [0.5, 0.6) is 0 Å². The monoisotopic (exact) mass is 248 g/mol. The highest BCUT2D eigenvalue weighted by atomic mass is 15.1. The predicted octanol–water partition coefficient (Wildman–Crippen LogP) is 1.41. The van der Waals surface area contributed by atoms with Crippen molar-refractivity contribution in [3.63, 3.8) is 0 Å². The SMILES string of the molecule is CC(C)Cc1ccccc1N.NCC1=NCCN1. The van der Waals surface area contributed by atoms with Crippen molar-refractivity contribution < 1.29 is 0 Å². The highest BCUT2D eigenvalue weighted by Crippen LogP contribution is 2.14. The molecule has 1 aromatic carbocycles. The summed E-state index contributed by atoms with van der Waals surface area (Å²) in [5.41, 5.74) is 13.2. The number of anilines is 1. The van der Waals surface area contributed by atoms with Gasteiger partial charge in [0.25, 0.3) is 0 Å². The zero-order valence-electron chi connectivity index (χ0n) is 11.3. The Hall–Kier alpha value is -1.55. The van der Waals surface area contributed by atoms with Gasteiger partial charge < -0.3 is 16.8 Å². The Morgan fingerprint density at radius 1 is 1.33 bits per heavy atom. The molecule has 1 aromatic rings. The topological polar surface area (TPSA) is 76.4 Å². The van der Waals surface area contributed by atoms with Gasteiger partial charge in [-0.2, -0.15) is 0 Å². The second-order valence-electron chi connectivity index (χ2n) is 4.76. The van der Waals surface area contributed by atoms with Gasteiger partial charge in [-0.15, -0.1) is 0 Å². The Kier molecular flexibility index (Phi) is 6.22. The number of aliphatic imine (C=N–C) groups is 1. The van der Waals surface area contributed by atoms with Gasteiger partial charge in [-0.3, -0.25) is 4.99 Å². The number of nitrogens with zero attached hydrogens (tertiary/aromatic N) is 1. The molecule has 0 radical (unpaired) electrons. The van der Waals surface area contributed by atoms with E-state index in [4.69, 9.17) is 11.5 Å². The quantitative estimate of drug-likeness (QED) is 0.708. The molecule has 0 saturated carbocycles. The van der Waals surface area contributed by atoms with Crippen LogP contribution in [0, 0.1) is 5.92 Å². The van der Waals surface area contributed by atoms with Gasteiger partial charge in [-0.1, -0.05) is 32.0 Å². The fourth-order valence-corrected chi connectivity index (χ4v) is 1.74. The molecule has 4 nitrogen and oxygen atoms in total. The van der Waals surface area contributed by atoms with Crippen molar-refractivity contribution >= 4 is 11.5 Å². The van der Waals surface area contributed by atoms with E-state index in [1.165, 1.54) is 5.56 Å². The van der Waals surface area contributed by atoms with Crippen LogP contribution >= 0.6 is 0 Å². The first-order chi connectivity index (χ1) is 8.63. The third-order valence-electron chi connectivity index (χ3n) is 2.62. The third-order valence-corrected chi connectivity index (χ3v) is 2.62. The fraction of sp³-hybridized carbons (Fsp3) is 0.500. The number of rotatable bonds is 3. The van der Waals surface area contributed by atoms with Crippen LogP contribution in [0.1, 0.15) is 19.4 Å². The molecule has 0 bridgehead atoms. The number of nitrogen functional groups attached to an aromatic ring is 1. The van der Waals surface area contributed by atoms with Crippen LogP contribution in [0.3, 0.4) is 0 Å². The van der Waals surface area contributed by atoms with E-state index in [1.54, 1.807) is 0 Å². The van der Waals surface area contributed by atoms with Gasteiger partial charge in [0.05, 0.1) is 13.1 Å². The number of benzene rings is 1. The van der Waals surface area contributed by atoms with Crippen LogP contribution < -0.4 is 16.8 Å². The molecule has 5 N–H and O–H groups in total. The standard InChI is InChI=1S/C10H15N.C4H9N3/c1-8(2)7-9-5-3-4-6-10(9)11;5-3-4-6-1-2-7-4/h3-6,8H,7,11H2,1-2H3;1-3,5H2,(H,6,7). The van der Waals surface area contributed by atoms with Crippen LogP contribution in [0.15, 0.2) is 29.3 Å². The molecule has 1 aliphatic rings. The van der Waals surface area contributed by atoms with E-state index in [1.807, 2.05) is 18.2 Å². The maximum Gasteiger partial charge on any atom is 0.110 e. The summed E-state index contributed by atoms with van der Waals surface area (Å²) in [6.07, 6.45) is 1.08. The Bertz CT molecular complexity index is 385. The molecule has 0 aliphatic carbocycles. The van der Waals surface area contributed by atoms with E-state index >= 15 is 0 Å². The van der Waals surface area contributed by atoms with Crippen LogP contribution in [-0.4, -0.2) is 25.5 Å². The molecule has 0 unspecified atom stereocenters. The zero-order chi connectivity index (χ0) is 13.4. The molecular formula is C14H24N4. The summed E-state index contributed by atoms with van der Waals surface area (Å²) in [7, 11) is 0. The van der Waals surface area contributed by atoms with Crippen molar-refractivity contribution in [1.82, 2.24) is 5.32 Å². The lowest BCUT2D eigenvalue weighted by Gasteiger charge is -2.06. The maximum absolute atomic E-state index is 5.77. The van der Waals surface area contributed by atoms with Crippen molar-refractivity contribution in [3.8, 4) is 0 Å². The Morgan fingerprint density at radius 2 is 2.06 bits per heavy atom. The highest BCUT2D eigenvalue weighted by Gasteiger charge is 1.99. The van der Waals surface area contributed by atoms with Crippen LogP contribution in [0.25, 0.3) is 0 Å². The van der Waals surface area contributed by atoms with Gasteiger partial charge in [0.2, 0.25) is 0 Å². The largest absolute Gasteiger partial charge is 0.399 e. The Morgan fingerprint density at radius 3 is 2.50 bits per heavy atom. The lowest BCUT2D eigenvalue weighted by molar-refractivity contribution is 0.648. The molecule has 1 heterocycles. The molecule has 18 heavy (non-hydrogen) atoms. The van der Waals surface area contributed by atoms with Gasteiger partial charge in [-0.25, -0.2) is 0 Å². The number of nitrogens with one attached hydrogen (secondary N) is 1. The van der Waals surface area contributed by atoms with E-state index in [9.17, 15) is 0 Å². The lowest BCUT2D eigenvalue weighted by atomic mass is 10.0. The van der Waals surface area contributed by atoms with Crippen molar-refractivity contribution in [2.24, 2.45) is 16.6 Å². The zero-order valence-corrected chi connectivity index (χ0v) is 11.3. The molecule has 0 saturated heterocycles. The summed E-state index contributed by atoms with van der Waals surface area (Å²) >= 11 is 0. The molecule has 2 rings (SSSR count). The van der Waals surface area contributed by atoms with E-state index in [2.05, 4.69) is 30.2 Å². The van der Waals surface area contributed by atoms with Gasteiger partial charge >= 0.3 is 0 Å². The molecule has 0 spiro atoms. The van der Waals surface area contributed by atoms with Crippen molar-refractivity contribution in [3.05, 3.63) is 29.8 Å². The molecule has 0 amide bonds. The van der Waals surface area contributed by atoms with Gasteiger partial charge in [0.1, 0.15) is 5.84 Å². The second-order valence-corrected chi connectivity index (χ2v) is 4.76. The first-order valence-electron chi connectivity index (χ1n) is 6.44. The number of para-hydroxylation sites is 1. The Balaban J connectivity index is 0.000000199. The minimum atomic E-state index is 0.556. The minimum Gasteiger partial charge on any atom is -0.399 e. The number of amidine groups is 1. The first-order valence-corrected chi connectivity index (χ1v) is 6.44. The summed E-state index contributed by atoms with van der Waals surface area (Å²) in [5, 5.41) is 3.03. The molecule has 0 aromatic heterocycles. The summed E-state index contributed by atoms with van der Waals surface area (Å²) in [5.74, 6) is 1.62. The normalized spacial score (nSPS) is 13.7. The van der Waals surface area contributed by atoms with E-state index < -0.39 is 0 Å².